The maximum atomic E-state index is 12.7. The zero-order chi connectivity index (χ0) is 14.8. The summed E-state index contributed by atoms with van der Waals surface area (Å²) in [5.41, 5.74) is 6.13. The maximum Gasteiger partial charge on any atom is 0.245 e. The van der Waals surface area contributed by atoms with Crippen LogP contribution in [0.2, 0.25) is 0 Å². The lowest BCUT2D eigenvalue weighted by molar-refractivity contribution is 0.395. The summed E-state index contributed by atoms with van der Waals surface area (Å²) in [6, 6.07) is 4.87. The molecule has 0 bridgehead atoms. The summed E-state index contributed by atoms with van der Waals surface area (Å²) in [6.07, 6.45) is 3.72. The summed E-state index contributed by atoms with van der Waals surface area (Å²) in [5.74, 6) is 0.563. The van der Waals surface area contributed by atoms with Crippen molar-refractivity contribution in [3.8, 4) is 5.75 Å². The predicted molar refractivity (Wildman–Crippen MR) is 79.2 cm³/mol. The molecule has 2 N–H and O–H groups in total. The summed E-state index contributed by atoms with van der Waals surface area (Å²) in [4.78, 5) is 0.182. The van der Waals surface area contributed by atoms with E-state index in [1.165, 1.54) is 13.2 Å². The van der Waals surface area contributed by atoms with Gasteiger partial charge >= 0.3 is 0 Å². The normalized spacial score (nSPS) is 15.6. The number of nitrogens with two attached hydrogens (primary N) is 1. The van der Waals surface area contributed by atoms with Gasteiger partial charge in [-0.1, -0.05) is 13.3 Å². The van der Waals surface area contributed by atoms with E-state index in [9.17, 15) is 8.42 Å². The number of nitrogens with zero attached hydrogens (tertiary/aromatic N) is 1. The van der Waals surface area contributed by atoms with E-state index in [4.69, 9.17) is 10.5 Å². The van der Waals surface area contributed by atoms with Gasteiger partial charge in [0.1, 0.15) is 10.6 Å². The second-order valence-electron chi connectivity index (χ2n) is 5.10. The van der Waals surface area contributed by atoms with Gasteiger partial charge in [-0.15, -0.1) is 0 Å². The van der Waals surface area contributed by atoms with Crippen molar-refractivity contribution in [3.63, 3.8) is 0 Å². The summed E-state index contributed by atoms with van der Waals surface area (Å²) in [5, 5.41) is 0. The van der Waals surface area contributed by atoms with E-state index in [-0.39, 0.29) is 16.6 Å². The molecule has 0 amide bonds. The smallest absolute Gasteiger partial charge is 0.245 e. The Labute approximate surface area is 120 Å². The molecule has 5 nitrogen and oxygen atoms in total. The van der Waals surface area contributed by atoms with Gasteiger partial charge in [0.2, 0.25) is 10.0 Å². The number of nitrogen functional groups attached to an aromatic ring is 1. The SMILES string of the molecule is CCCCN(C1CC1)S(=O)(=O)c1ccc(OC)cc1N. The summed E-state index contributed by atoms with van der Waals surface area (Å²) in [7, 11) is -1.98. The molecular weight excluding hydrogens is 276 g/mol. The molecule has 0 aromatic heterocycles. The molecule has 1 aromatic rings. The first kappa shape index (κ1) is 15.1. The quantitative estimate of drug-likeness (QED) is 0.783. The van der Waals surface area contributed by atoms with Crippen LogP contribution >= 0.6 is 0 Å². The van der Waals surface area contributed by atoms with Gasteiger partial charge in [-0.2, -0.15) is 4.31 Å². The van der Waals surface area contributed by atoms with Crippen molar-refractivity contribution in [2.45, 2.75) is 43.5 Å². The van der Waals surface area contributed by atoms with Crippen LogP contribution in [0.1, 0.15) is 32.6 Å². The number of anilines is 1. The number of hydrogen-bond donors (Lipinski definition) is 1. The number of methoxy groups -OCH3 is 1. The van der Waals surface area contributed by atoms with Crippen molar-refractivity contribution in [1.82, 2.24) is 4.31 Å². The van der Waals surface area contributed by atoms with E-state index in [1.54, 1.807) is 16.4 Å². The highest BCUT2D eigenvalue weighted by molar-refractivity contribution is 7.89. The minimum atomic E-state index is -3.51. The van der Waals surface area contributed by atoms with Gasteiger partial charge < -0.3 is 10.5 Å². The summed E-state index contributed by atoms with van der Waals surface area (Å²) >= 11 is 0. The Balaban J connectivity index is 2.32. The molecule has 6 heteroatoms. The van der Waals surface area contributed by atoms with Gasteiger partial charge in [-0.3, -0.25) is 0 Å². The zero-order valence-electron chi connectivity index (χ0n) is 12.0. The molecule has 0 spiro atoms. The first-order chi connectivity index (χ1) is 9.50. The molecular formula is C14H22N2O3S. The lowest BCUT2D eigenvalue weighted by Gasteiger charge is -2.22. The number of unbranched alkanes of at least 4 members (excludes halogenated alkanes) is 1. The summed E-state index contributed by atoms with van der Waals surface area (Å²) < 4.78 is 32.2. The highest BCUT2D eigenvalue weighted by Crippen LogP contribution is 2.34. The first-order valence-electron chi connectivity index (χ1n) is 6.96. The van der Waals surface area contributed by atoms with Crippen molar-refractivity contribution >= 4 is 15.7 Å². The fourth-order valence-electron chi connectivity index (χ4n) is 2.19. The highest BCUT2D eigenvalue weighted by Gasteiger charge is 2.38. The van der Waals surface area contributed by atoms with Gasteiger partial charge in [0.15, 0.2) is 0 Å². The third-order valence-corrected chi connectivity index (χ3v) is 5.52. The van der Waals surface area contributed by atoms with Crippen LogP contribution in [0.15, 0.2) is 23.1 Å². The van der Waals surface area contributed by atoms with Crippen molar-refractivity contribution < 1.29 is 13.2 Å². The molecule has 0 heterocycles. The average Bonchev–Trinajstić information content (AvgIpc) is 3.23. The van der Waals surface area contributed by atoms with Crippen LogP contribution in [0.3, 0.4) is 0 Å². The Bertz CT molecular complexity index is 568. The molecule has 1 aliphatic carbocycles. The monoisotopic (exact) mass is 298 g/mol. The van der Waals surface area contributed by atoms with Crippen molar-refractivity contribution in [1.29, 1.82) is 0 Å². The molecule has 0 radical (unpaired) electrons. The van der Waals surface area contributed by atoms with Gasteiger partial charge in [0.05, 0.1) is 12.8 Å². The van der Waals surface area contributed by atoms with E-state index in [2.05, 4.69) is 6.92 Å². The Morgan fingerprint density at radius 3 is 2.60 bits per heavy atom. The van der Waals surface area contributed by atoms with Crippen LogP contribution in [-0.2, 0) is 10.0 Å². The third kappa shape index (κ3) is 3.07. The molecule has 0 unspecified atom stereocenters. The van der Waals surface area contributed by atoms with Crippen LogP contribution in [0.4, 0.5) is 5.69 Å². The lowest BCUT2D eigenvalue weighted by atomic mass is 10.3. The molecule has 0 saturated heterocycles. The van der Waals surface area contributed by atoms with E-state index >= 15 is 0 Å². The minimum Gasteiger partial charge on any atom is -0.497 e. The van der Waals surface area contributed by atoms with Crippen molar-refractivity contribution in [3.05, 3.63) is 18.2 Å². The second-order valence-corrected chi connectivity index (χ2v) is 6.96. The standard InChI is InChI=1S/C14H22N2O3S/c1-3-4-9-16(11-5-6-11)20(17,18)14-8-7-12(19-2)10-13(14)15/h7-8,10-11H,3-6,9,15H2,1-2H3. The van der Waals surface area contributed by atoms with Crippen LogP contribution in [0, 0.1) is 0 Å². The fourth-order valence-corrected chi connectivity index (χ4v) is 4.01. The number of ether oxygens (including phenoxy) is 1. The van der Waals surface area contributed by atoms with Crippen molar-refractivity contribution in [2.75, 3.05) is 19.4 Å². The number of hydrogen-bond acceptors (Lipinski definition) is 4. The Hall–Kier alpha value is -1.27. The van der Waals surface area contributed by atoms with Gasteiger partial charge in [0.25, 0.3) is 0 Å². The summed E-state index contributed by atoms with van der Waals surface area (Å²) in [6.45, 7) is 2.62. The van der Waals surface area contributed by atoms with Gasteiger partial charge in [0, 0.05) is 18.7 Å². The highest BCUT2D eigenvalue weighted by atomic mass is 32.2. The van der Waals surface area contributed by atoms with Crippen LogP contribution in [0.5, 0.6) is 5.75 Å². The fraction of sp³-hybridized carbons (Fsp3) is 0.571. The maximum absolute atomic E-state index is 12.7. The Kier molecular flexibility index (Phi) is 4.55. The minimum absolute atomic E-state index is 0.146. The average molecular weight is 298 g/mol. The molecule has 1 aromatic carbocycles. The van der Waals surface area contributed by atoms with Crippen molar-refractivity contribution in [2.24, 2.45) is 0 Å². The first-order valence-corrected chi connectivity index (χ1v) is 8.40. The topological polar surface area (TPSA) is 72.6 Å². The van der Waals surface area contributed by atoms with E-state index < -0.39 is 10.0 Å². The lowest BCUT2D eigenvalue weighted by Crippen LogP contribution is -2.34. The van der Waals surface area contributed by atoms with Gasteiger partial charge in [-0.05, 0) is 31.4 Å². The van der Waals surface area contributed by atoms with E-state index in [0.29, 0.717) is 12.3 Å². The number of benzene rings is 1. The van der Waals surface area contributed by atoms with Crippen LogP contribution < -0.4 is 10.5 Å². The molecule has 1 saturated carbocycles. The molecule has 0 atom stereocenters. The third-order valence-electron chi connectivity index (χ3n) is 3.49. The molecule has 112 valence electrons. The largest absolute Gasteiger partial charge is 0.497 e. The number of rotatable bonds is 7. The Morgan fingerprint density at radius 1 is 1.40 bits per heavy atom. The second kappa shape index (κ2) is 6.01. The molecule has 0 aliphatic heterocycles. The van der Waals surface area contributed by atoms with Crippen LogP contribution in [0.25, 0.3) is 0 Å². The van der Waals surface area contributed by atoms with Crippen LogP contribution in [-0.4, -0.2) is 32.4 Å². The molecule has 1 aliphatic rings. The van der Waals surface area contributed by atoms with E-state index in [0.717, 1.165) is 25.7 Å². The van der Waals surface area contributed by atoms with E-state index in [1.807, 2.05) is 0 Å². The Morgan fingerprint density at radius 2 is 2.10 bits per heavy atom. The molecule has 2 rings (SSSR count). The molecule has 1 fully saturated rings. The number of sulfonamides is 1. The molecule has 20 heavy (non-hydrogen) atoms. The zero-order valence-corrected chi connectivity index (χ0v) is 12.8. The predicted octanol–water partition coefficient (Wildman–Crippen LogP) is 2.23. The van der Waals surface area contributed by atoms with Gasteiger partial charge in [-0.25, -0.2) is 8.42 Å².